The summed E-state index contributed by atoms with van der Waals surface area (Å²) in [4.78, 5) is 16.7. The number of hydrogen-bond acceptors (Lipinski definition) is 4. The van der Waals surface area contributed by atoms with Gasteiger partial charge in [-0.05, 0) is 43.7 Å². The summed E-state index contributed by atoms with van der Waals surface area (Å²) in [6.07, 6.45) is 8.00. The van der Waals surface area contributed by atoms with Gasteiger partial charge in [-0.1, -0.05) is 12.8 Å². The van der Waals surface area contributed by atoms with Crippen molar-refractivity contribution in [2.24, 2.45) is 5.92 Å². The van der Waals surface area contributed by atoms with Gasteiger partial charge in [0.25, 0.3) is 0 Å². The monoisotopic (exact) mass is 300 g/mol. The van der Waals surface area contributed by atoms with Crippen LogP contribution in [0.5, 0.6) is 0 Å². The van der Waals surface area contributed by atoms with Crippen molar-refractivity contribution in [2.75, 3.05) is 25.0 Å². The molecule has 0 radical (unpaired) electrons. The number of aromatic nitrogens is 2. The highest BCUT2D eigenvalue weighted by molar-refractivity contribution is 5.79. The summed E-state index contributed by atoms with van der Waals surface area (Å²) in [5.41, 5.74) is 2.54. The Bertz CT molecular complexity index is 576. The molecular formula is C17H24N4O. The van der Waals surface area contributed by atoms with Gasteiger partial charge in [-0.2, -0.15) is 5.10 Å². The van der Waals surface area contributed by atoms with Crippen LogP contribution in [0.15, 0.2) is 6.07 Å². The van der Waals surface area contributed by atoms with E-state index >= 15 is 0 Å². The van der Waals surface area contributed by atoms with E-state index in [1.807, 2.05) is 11.9 Å². The minimum absolute atomic E-state index is 0.277. The van der Waals surface area contributed by atoms with Gasteiger partial charge in [0.2, 0.25) is 5.91 Å². The zero-order valence-electron chi connectivity index (χ0n) is 13.3. The number of nitrogens with zero attached hydrogens (tertiary/aromatic N) is 4. The molecule has 0 aromatic carbocycles. The third kappa shape index (κ3) is 2.36. The van der Waals surface area contributed by atoms with Gasteiger partial charge in [0.1, 0.15) is 0 Å². The number of aryl methyl sites for hydroxylation is 2. The van der Waals surface area contributed by atoms with Crippen molar-refractivity contribution >= 4 is 11.7 Å². The van der Waals surface area contributed by atoms with Gasteiger partial charge in [-0.3, -0.25) is 4.79 Å². The summed E-state index contributed by atoms with van der Waals surface area (Å²) in [5.74, 6) is 1.61. The number of anilines is 1. The van der Waals surface area contributed by atoms with E-state index in [-0.39, 0.29) is 5.92 Å². The van der Waals surface area contributed by atoms with Crippen molar-refractivity contribution in [2.45, 2.75) is 51.0 Å². The van der Waals surface area contributed by atoms with Crippen LogP contribution >= 0.6 is 0 Å². The van der Waals surface area contributed by atoms with Gasteiger partial charge in [-0.25, -0.2) is 0 Å². The second kappa shape index (κ2) is 5.52. The first kappa shape index (κ1) is 14.0. The summed E-state index contributed by atoms with van der Waals surface area (Å²) >= 11 is 0. The first-order valence-corrected chi connectivity index (χ1v) is 8.59. The Kier molecular flexibility index (Phi) is 3.51. The molecule has 0 spiro atoms. The lowest BCUT2D eigenvalue weighted by Crippen LogP contribution is -2.60. The Balaban J connectivity index is 1.36. The van der Waals surface area contributed by atoms with Gasteiger partial charge in [-0.15, -0.1) is 5.10 Å². The van der Waals surface area contributed by atoms with Gasteiger partial charge in [0.15, 0.2) is 5.82 Å². The maximum atomic E-state index is 12.5. The maximum absolute atomic E-state index is 12.5. The molecule has 22 heavy (non-hydrogen) atoms. The molecule has 0 bridgehead atoms. The Morgan fingerprint density at radius 2 is 1.95 bits per heavy atom. The van der Waals surface area contributed by atoms with Crippen molar-refractivity contribution in [3.63, 3.8) is 0 Å². The largest absolute Gasteiger partial charge is 0.351 e. The number of hydrogen-bond donors (Lipinski definition) is 0. The first-order valence-electron chi connectivity index (χ1n) is 8.59. The quantitative estimate of drug-likeness (QED) is 0.854. The summed E-state index contributed by atoms with van der Waals surface area (Å²) in [5, 5.41) is 8.72. The fourth-order valence-corrected chi connectivity index (χ4v) is 4.00. The molecular weight excluding hydrogens is 276 g/mol. The number of amides is 1. The van der Waals surface area contributed by atoms with Crippen LogP contribution in [0.3, 0.4) is 0 Å². The van der Waals surface area contributed by atoms with E-state index in [9.17, 15) is 4.79 Å². The van der Waals surface area contributed by atoms with Crippen molar-refractivity contribution in [1.82, 2.24) is 15.1 Å². The molecule has 4 rings (SSSR count). The zero-order chi connectivity index (χ0) is 15.1. The van der Waals surface area contributed by atoms with E-state index in [4.69, 9.17) is 0 Å². The van der Waals surface area contributed by atoms with Crippen LogP contribution < -0.4 is 4.90 Å². The molecule has 3 aliphatic rings. The minimum Gasteiger partial charge on any atom is -0.351 e. The minimum atomic E-state index is 0.277. The standard InChI is InChI=1S/C17H24N4O/c1-20(17(22)12-5-2-3-6-12)14-10-21(11-14)16-9-13-7-4-8-15(13)18-19-16/h9,12,14H,2-8,10-11H2,1H3. The van der Waals surface area contributed by atoms with Gasteiger partial charge < -0.3 is 9.80 Å². The average molecular weight is 300 g/mol. The summed E-state index contributed by atoms with van der Waals surface area (Å²) < 4.78 is 0. The molecule has 1 aliphatic heterocycles. The SMILES string of the molecule is CN(C(=O)C1CCCC1)C1CN(c2cc3c(nn2)CCC3)C1. The Hall–Kier alpha value is -1.65. The summed E-state index contributed by atoms with van der Waals surface area (Å²) in [6, 6.07) is 2.54. The van der Waals surface area contributed by atoms with Crippen LogP contribution in [0, 0.1) is 5.92 Å². The van der Waals surface area contributed by atoms with Crippen molar-refractivity contribution < 1.29 is 4.79 Å². The normalized spacial score (nSPS) is 21.8. The molecule has 0 unspecified atom stereocenters. The molecule has 2 fully saturated rings. The number of carbonyl (C=O) groups excluding carboxylic acids is 1. The van der Waals surface area contributed by atoms with Crippen molar-refractivity contribution in [3.8, 4) is 0 Å². The lowest BCUT2D eigenvalue weighted by molar-refractivity contribution is -0.136. The third-order valence-electron chi connectivity index (χ3n) is 5.59. The molecule has 5 heteroatoms. The van der Waals surface area contributed by atoms with Gasteiger partial charge in [0.05, 0.1) is 11.7 Å². The van der Waals surface area contributed by atoms with Crippen LogP contribution in [0.1, 0.15) is 43.4 Å². The van der Waals surface area contributed by atoms with E-state index in [1.54, 1.807) is 0 Å². The molecule has 0 atom stereocenters. The first-order chi connectivity index (χ1) is 10.7. The van der Waals surface area contributed by atoms with E-state index in [1.165, 1.54) is 30.5 Å². The Morgan fingerprint density at radius 1 is 1.18 bits per heavy atom. The molecule has 5 nitrogen and oxygen atoms in total. The number of carbonyl (C=O) groups is 1. The van der Waals surface area contributed by atoms with Gasteiger partial charge in [0, 0.05) is 26.1 Å². The predicted molar refractivity (Wildman–Crippen MR) is 84.8 cm³/mol. The molecule has 2 heterocycles. The van der Waals surface area contributed by atoms with Crippen LogP contribution in [0.25, 0.3) is 0 Å². The molecule has 1 saturated carbocycles. The fraction of sp³-hybridized carbons (Fsp3) is 0.706. The Morgan fingerprint density at radius 3 is 2.73 bits per heavy atom. The predicted octanol–water partition coefficient (Wildman–Crippen LogP) is 1.80. The number of fused-ring (bicyclic) bond motifs is 1. The molecule has 1 aromatic heterocycles. The topological polar surface area (TPSA) is 49.3 Å². The number of likely N-dealkylation sites (N-methyl/N-ethyl adjacent to an activating group) is 1. The fourth-order valence-electron chi connectivity index (χ4n) is 4.00. The molecule has 118 valence electrons. The van der Waals surface area contributed by atoms with Crippen LogP contribution in [-0.4, -0.2) is 47.2 Å². The molecule has 2 aliphatic carbocycles. The van der Waals surface area contributed by atoms with Crippen molar-refractivity contribution in [3.05, 3.63) is 17.3 Å². The highest BCUT2D eigenvalue weighted by Gasteiger charge is 2.36. The van der Waals surface area contributed by atoms with Crippen LogP contribution in [0.2, 0.25) is 0 Å². The van der Waals surface area contributed by atoms with E-state index in [0.717, 1.165) is 44.6 Å². The lowest BCUT2D eigenvalue weighted by atomic mass is 10.0. The van der Waals surface area contributed by atoms with E-state index in [2.05, 4.69) is 21.2 Å². The van der Waals surface area contributed by atoms with Crippen molar-refractivity contribution in [1.29, 1.82) is 0 Å². The summed E-state index contributed by atoms with van der Waals surface area (Å²) in [6.45, 7) is 1.78. The van der Waals surface area contributed by atoms with Crippen LogP contribution in [0.4, 0.5) is 5.82 Å². The molecule has 1 aromatic rings. The average Bonchev–Trinajstić information content (AvgIpc) is 3.15. The molecule has 1 saturated heterocycles. The smallest absolute Gasteiger partial charge is 0.225 e. The maximum Gasteiger partial charge on any atom is 0.225 e. The Labute approximate surface area is 131 Å². The second-order valence-corrected chi connectivity index (χ2v) is 7.02. The van der Waals surface area contributed by atoms with E-state index < -0.39 is 0 Å². The molecule has 1 amide bonds. The third-order valence-corrected chi connectivity index (χ3v) is 5.59. The molecule has 0 N–H and O–H groups in total. The number of rotatable bonds is 3. The zero-order valence-corrected chi connectivity index (χ0v) is 13.3. The van der Waals surface area contributed by atoms with E-state index in [0.29, 0.717) is 11.9 Å². The second-order valence-electron chi connectivity index (χ2n) is 7.02. The highest BCUT2D eigenvalue weighted by atomic mass is 16.2. The van der Waals surface area contributed by atoms with Gasteiger partial charge >= 0.3 is 0 Å². The van der Waals surface area contributed by atoms with Crippen LogP contribution in [-0.2, 0) is 17.6 Å². The summed E-state index contributed by atoms with van der Waals surface area (Å²) in [7, 11) is 1.97. The highest BCUT2D eigenvalue weighted by Crippen LogP contribution is 2.30. The lowest BCUT2D eigenvalue weighted by Gasteiger charge is -2.45.